The molecule has 3 rings (SSSR count). The molecule has 0 aliphatic carbocycles. The molecule has 0 fully saturated rings. The number of hydrogen-bond donors (Lipinski definition) is 1. The minimum absolute atomic E-state index is 0.240. The molecule has 27 heavy (non-hydrogen) atoms. The number of carbonyl (C=O) groups is 1. The summed E-state index contributed by atoms with van der Waals surface area (Å²) >= 11 is 0. The Bertz CT molecular complexity index is 909. The summed E-state index contributed by atoms with van der Waals surface area (Å²) in [5.74, 6) is 0.180. The maximum absolute atomic E-state index is 13.1. The van der Waals surface area contributed by atoms with Crippen LogP contribution in [-0.4, -0.2) is 10.9 Å². The van der Waals surface area contributed by atoms with Crippen LogP contribution in [0.15, 0.2) is 79.1 Å². The van der Waals surface area contributed by atoms with E-state index in [1.54, 1.807) is 30.6 Å². The van der Waals surface area contributed by atoms with Crippen molar-refractivity contribution in [2.45, 2.75) is 13.2 Å². The zero-order valence-corrected chi connectivity index (χ0v) is 14.6. The van der Waals surface area contributed by atoms with E-state index in [2.05, 4.69) is 10.3 Å². The highest BCUT2D eigenvalue weighted by atomic mass is 19.1. The van der Waals surface area contributed by atoms with Crippen LogP contribution >= 0.6 is 0 Å². The van der Waals surface area contributed by atoms with Crippen molar-refractivity contribution in [2.24, 2.45) is 0 Å². The Morgan fingerprint density at radius 1 is 1.07 bits per heavy atom. The smallest absolute Gasteiger partial charge is 0.244 e. The summed E-state index contributed by atoms with van der Waals surface area (Å²) in [6.45, 7) is 0.851. The molecule has 0 saturated carbocycles. The summed E-state index contributed by atoms with van der Waals surface area (Å²) in [6, 6.07) is 17.4. The first-order chi connectivity index (χ1) is 13.2. The quantitative estimate of drug-likeness (QED) is 0.643. The molecular formula is C22H19FN2O2. The van der Waals surface area contributed by atoms with Crippen molar-refractivity contribution in [3.63, 3.8) is 0 Å². The van der Waals surface area contributed by atoms with Crippen LogP contribution in [0.1, 0.15) is 16.7 Å². The number of carbonyl (C=O) groups excluding carboxylic acids is 1. The lowest BCUT2D eigenvalue weighted by Crippen LogP contribution is -2.20. The molecule has 1 amide bonds. The van der Waals surface area contributed by atoms with Crippen molar-refractivity contribution >= 4 is 12.0 Å². The Morgan fingerprint density at radius 3 is 2.67 bits per heavy atom. The predicted molar refractivity (Wildman–Crippen MR) is 102 cm³/mol. The molecule has 0 spiro atoms. The van der Waals surface area contributed by atoms with Crippen molar-refractivity contribution < 1.29 is 13.9 Å². The fourth-order valence-electron chi connectivity index (χ4n) is 2.38. The van der Waals surface area contributed by atoms with Gasteiger partial charge >= 0.3 is 0 Å². The molecule has 0 aliphatic rings. The summed E-state index contributed by atoms with van der Waals surface area (Å²) in [5, 5.41) is 2.79. The zero-order valence-electron chi connectivity index (χ0n) is 14.6. The minimum Gasteiger partial charge on any atom is -0.489 e. The number of benzene rings is 2. The van der Waals surface area contributed by atoms with Gasteiger partial charge in [0.2, 0.25) is 5.91 Å². The van der Waals surface area contributed by atoms with E-state index in [0.717, 1.165) is 16.9 Å². The average molecular weight is 362 g/mol. The van der Waals surface area contributed by atoms with E-state index in [1.807, 2.05) is 36.4 Å². The first kappa shape index (κ1) is 18.3. The summed E-state index contributed by atoms with van der Waals surface area (Å²) in [5.41, 5.74) is 2.59. The molecule has 1 aromatic heterocycles. The summed E-state index contributed by atoms with van der Waals surface area (Å²) in [6.07, 6.45) is 6.45. The van der Waals surface area contributed by atoms with Crippen molar-refractivity contribution in [3.8, 4) is 5.75 Å². The first-order valence-corrected chi connectivity index (χ1v) is 8.51. The number of aromatic nitrogens is 1. The maximum Gasteiger partial charge on any atom is 0.244 e. The van der Waals surface area contributed by atoms with E-state index >= 15 is 0 Å². The number of amides is 1. The van der Waals surface area contributed by atoms with Crippen LogP contribution in [0.25, 0.3) is 6.08 Å². The third kappa shape index (κ3) is 6.08. The largest absolute Gasteiger partial charge is 0.489 e. The van der Waals surface area contributed by atoms with Gasteiger partial charge in [-0.2, -0.15) is 0 Å². The van der Waals surface area contributed by atoms with Crippen molar-refractivity contribution in [1.29, 1.82) is 0 Å². The Balaban J connectivity index is 1.46. The van der Waals surface area contributed by atoms with Gasteiger partial charge in [0.25, 0.3) is 0 Å². The van der Waals surface area contributed by atoms with Gasteiger partial charge in [0, 0.05) is 30.6 Å². The summed E-state index contributed by atoms with van der Waals surface area (Å²) in [7, 11) is 0. The average Bonchev–Trinajstić information content (AvgIpc) is 2.71. The Labute approximate surface area is 157 Å². The Morgan fingerprint density at radius 2 is 1.93 bits per heavy atom. The molecule has 1 heterocycles. The lowest BCUT2D eigenvalue weighted by Gasteiger charge is -2.07. The Kier molecular flexibility index (Phi) is 6.30. The molecule has 0 bridgehead atoms. The molecule has 0 saturated heterocycles. The van der Waals surface area contributed by atoms with Gasteiger partial charge in [0.15, 0.2) is 0 Å². The highest BCUT2D eigenvalue weighted by Gasteiger charge is 2.00. The van der Waals surface area contributed by atoms with Gasteiger partial charge in [0.05, 0.1) is 0 Å². The Hall–Kier alpha value is -3.47. The minimum atomic E-state index is -0.330. The number of pyridine rings is 1. The molecule has 3 aromatic rings. The number of rotatable bonds is 7. The molecule has 0 aliphatic heterocycles. The highest BCUT2D eigenvalue weighted by Crippen LogP contribution is 2.14. The van der Waals surface area contributed by atoms with Gasteiger partial charge in [-0.1, -0.05) is 30.3 Å². The van der Waals surface area contributed by atoms with E-state index in [9.17, 15) is 9.18 Å². The third-order valence-electron chi connectivity index (χ3n) is 3.79. The van der Waals surface area contributed by atoms with Crippen LogP contribution in [0.4, 0.5) is 4.39 Å². The van der Waals surface area contributed by atoms with Gasteiger partial charge in [-0.05, 0) is 47.5 Å². The van der Waals surface area contributed by atoms with Crippen molar-refractivity contribution in [1.82, 2.24) is 10.3 Å². The fourth-order valence-corrected chi connectivity index (χ4v) is 2.38. The molecule has 0 radical (unpaired) electrons. The van der Waals surface area contributed by atoms with Crippen molar-refractivity contribution in [2.75, 3.05) is 0 Å². The van der Waals surface area contributed by atoms with Gasteiger partial charge in [-0.3, -0.25) is 9.78 Å². The predicted octanol–water partition coefficient (Wildman–Crippen LogP) is 4.13. The molecule has 5 heteroatoms. The molecule has 0 unspecified atom stereocenters. The summed E-state index contributed by atoms with van der Waals surface area (Å²) < 4.78 is 18.8. The van der Waals surface area contributed by atoms with Crippen LogP contribution in [-0.2, 0) is 17.9 Å². The third-order valence-corrected chi connectivity index (χ3v) is 3.79. The highest BCUT2D eigenvalue weighted by molar-refractivity contribution is 5.91. The summed E-state index contributed by atoms with van der Waals surface area (Å²) in [4.78, 5) is 15.9. The van der Waals surface area contributed by atoms with Crippen LogP contribution in [0.5, 0.6) is 5.75 Å². The topological polar surface area (TPSA) is 51.2 Å². The number of nitrogens with one attached hydrogen (secondary N) is 1. The second-order valence-corrected chi connectivity index (χ2v) is 5.90. The van der Waals surface area contributed by atoms with Crippen molar-refractivity contribution in [3.05, 3.63) is 102 Å². The number of hydrogen-bond acceptors (Lipinski definition) is 3. The van der Waals surface area contributed by atoms with E-state index in [1.165, 1.54) is 18.2 Å². The molecule has 0 atom stereocenters. The number of halogens is 1. The lowest BCUT2D eigenvalue weighted by molar-refractivity contribution is -0.116. The first-order valence-electron chi connectivity index (χ1n) is 8.51. The fraction of sp³-hybridized carbons (Fsp3) is 0.0909. The normalized spacial score (nSPS) is 10.7. The SMILES string of the molecule is O=C(/C=C/c1cccc(F)c1)NCc1ccc(OCc2cccnc2)cc1. The number of ether oxygens (including phenoxy) is 1. The van der Waals surface area contributed by atoms with Crippen LogP contribution < -0.4 is 10.1 Å². The second kappa shape index (κ2) is 9.29. The molecule has 4 nitrogen and oxygen atoms in total. The van der Waals surface area contributed by atoms with Gasteiger partial charge < -0.3 is 10.1 Å². The van der Waals surface area contributed by atoms with E-state index in [0.29, 0.717) is 18.7 Å². The molecule has 1 N–H and O–H groups in total. The van der Waals surface area contributed by atoms with E-state index in [4.69, 9.17) is 4.74 Å². The number of nitrogens with zero attached hydrogens (tertiary/aromatic N) is 1. The van der Waals surface area contributed by atoms with E-state index in [-0.39, 0.29) is 11.7 Å². The van der Waals surface area contributed by atoms with Crippen LogP contribution in [0.3, 0.4) is 0 Å². The van der Waals surface area contributed by atoms with Crippen LogP contribution in [0, 0.1) is 5.82 Å². The second-order valence-electron chi connectivity index (χ2n) is 5.90. The van der Waals surface area contributed by atoms with E-state index < -0.39 is 0 Å². The molecule has 136 valence electrons. The monoisotopic (exact) mass is 362 g/mol. The van der Waals surface area contributed by atoms with Crippen LogP contribution in [0.2, 0.25) is 0 Å². The van der Waals surface area contributed by atoms with Gasteiger partial charge in [0.1, 0.15) is 18.2 Å². The zero-order chi connectivity index (χ0) is 18.9. The molecular weight excluding hydrogens is 343 g/mol. The van der Waals surface area contributed by atoms with Gasteiger partial charge in [-0.25, -0.2) is 4.39 Å². The lowest BCUT2D eigenvalue weighted by atomic mass is 10.2. The molecule has 2 aromatic carbocycles. The van der Waals surface area contributed by atoms with Gasteiger partial charge in [-0.15, -0.1) is 0 Å². The maximum atomic E-state index is 13.1. The standard InChI is InChI=1S/C22H19FN2O2/c23-20-5-1-3-17(13-20)8-11-22(26)25-15-18-6-9-21(10-7-18)27-16-19-4-2-12-24-14-19/h1-14H,15-16H2,(H,25,26)/b11-8+.